The molecule has 0 radical (unpaired) electrons. The number of anilines is 1. The van der Waals surface area contributed by atoms with Gasteiger partial charge in [-0.2, -0.15) is 0 Å². The minimum atomic E-state index is -3.78. The number of amides is 1. The first-order valence-electron chi connectivity index (χ1n) is 7.69. The van der Waals surface area contributed by atoms with Crippen molar-refractivity contribution in [3.63, 3.8) is 0 Å². The van der Waals surface area contributed by atoms with Gasteiger partial charge in [0, 0.05) is 11.3 Å². The fraction of sp³-hybridized carbons (Fsp3) is 0.235. The molecule has 0 unspecified atom stereocenters. The van der Waals surface area contributed by atoms with Crippen molar-refractivity contribution in [2.24, 2.45) is 5.84 Å². The summed E-state index contributed by atoms with van der Waals surface area (Å²) in [7, 11) is -3.78. The van der Waals surface area contributed by atoms with Crippen molar-refractivity contribution in [3.05, 3.63) is 59.7 Å². The van der Waals surface area contributed by atoms with E-state index < -0.39 is 15.9 Å². The molecule has 0 saturated carbocycles. The van der Waals surface area contributed by atoms with Crippen LogP contribution in [0.1, 0.15) is 35.7 Å². The average molecular weight is 347 g/mol. The number of hydrogen-bond donors (Lipinski definition) is 3. The van der Waals surface area contributed by atoms with Gasteiger partial charge in [-0.25, -0.2) is 14.3 Å². The molecule has 0 atom stereocenters. The molecule has 0 aliphatic rings. The van der Waals surface area contributed by atoms with Gasteiger partial charge in [0.25, 0.3) is 15.9 Å². The maximum atomic E-state index is 12.4. The first kappa shape index (κ1) is 18.0. The van der Waals surface area contributed by atoms with Gasteiger partial charge in [-0.3, -0.25) is 14.9 Å². The summed E-state index contributed by atoms with van der Waals surface area (Å²) in [5.74, 6) is 4.52. The van der Waals surface area contributed by atoms with Gasteiger partial charge in [0.05, 0.1) is 4.90 Å². The summed E-state index contributed by atoms with van der Waals surface area (Å²) < 4.78 is 27.4. The van der Waals surface area contributed by atoms with Crippen molar-refractivity contribution in [3.8, 4) is 0 Å². The number of nitrogen functional groups attached to an aromatic ring is 1. The quantitative estimate of drug-likeness (QED) is 0.407. The molecule has 0 spiro atoms. The van der Waals surface area contributed by atoms with E-state index in [1.54, 1.807) is 12.1 Å². The van der Waals surface area contributed by atoms with E-state index in [1.165, 1.54) is 29.8 Å². The topological polar surface area (TPSA) is 101 Å². The molecule has 0 aliphatic heterocycles. The summed E-state index contributed by atoms with van der Waals surface area (Å²) in [5.41, 5.74) is 3.80. The number of nitrogens with one attached hydrogen (secondary N) is 2. The third-order valence-electron chi connectivity index (χ3n) is 3.56. The van der Waals surface area contributed by atoms with E-state index in [9.17, 15) is 13.2 Å². The highest BCUT2D eigenvalue weighted by Crippen LogP contribution is 2.18. The van der Waals surface area contributed by atoms with Crippen LogP contribution in [-0.4, -0.2) is 14.3 Å². The van der Waals surface area contributed by atoms with Crippen LogP contribution in [0.2, 0.25) is 0 Å². The predicted molar refractivity (Wildman–Crippen MR) is 94.0 cm³/mol. The van der Waals surface area contributed by atoms with E-state index >= 15 is 0 Å². The van der Waals surface area contributed by atoms with Crippen molar-refractivity contribution in [2.75, 3.05) is 4.72 Å². The maximum absolute atomic E-state index is 12.4. The Bertz CT molecular complexity index is 802. The summed E-state index contributed by atoms with van der Waals surface area (Å²) in [6.45, 7) is 2.13. The van der Waals surface area contributed by atoms with Gasteiger partial charge in [-0.15, -0.1) is 0 Å². The van der Waals surface area contributed by atoms with Gasteiger partial charge < -0.3 is 0 Å². The highest BCUT2D eigenvalue weighted by molar-refractivity contribution is 7.92. The number of unbranched alkanes of at least 4 members (excludes halogenated alkanes) is 1. The van der Waals surface area contributed by atoms with Crippen LogP contribution in [0.4, 0.5) is 5.69 Å². The van der Waals surface area contributed by atoms with Crippen molar-refractivity contribution in [1.82, 2.24) is 5.43 Å². The third kappa shape index (κ3) is 4.56. The summed E-state index contributed by atoms with van der Waals surface area (Å²) in [4.78, 5) is 11.5. The van der Waals surface area contributed by atoms with Crippen LogP contribution < -0.4 is 16.0 Å². The van der Waals surface area contributed by atoms with Gasteiger partial charge >= 0.3 is 0 Å². The van der Waals surface area contributed by atoms with Crippen molar-refractivity contribution in [1.29, 1.82) is 0 Å². The van der Waals surface area contributed by atoms with Gasteiger partial charge in [0.1, 0.15) is 0 Å². The Morgan fingerprint density at radius 2 is 1.83 bits per heavy atom. The van der Waals surface area contributed by atoms with E-state index in [1.807, 2.05) is 17.6 Å². The smallest absolute Gasteiger partial charge is 0.265 e. The third-order valence-corrected chi connectivity index (χ3v) is 4.94. The van der Waals surface area contributed by atoms with E-state index in [2.05, 4.69) is 11.6 Å². The van der Waals surface area contributed by atoms with Gasteiger partial charge in [-0.05, 0) is 48.7 Å². The largest absolute Gasteiger partial charge is 0.290 e. The lowest BCUT2D eigenvalue weighted by Crippen LogP contribution is -2.30. The zero-order valence-electron chi connectivity index (χ0n) is 13.5. The molecule has 0 aromatic heterocycles. The average Bonchev–Trinajstić information content (AvgIpc) is 2.60. The second kappa shape index (κ2) is 7.94. The first-order chi connectivity index (χ1) is 11.5. The van der Waals surface area contributed by atoms with E-state index in [-0.39, 0.29) is 10.5 Å². The minimum absolute atomic E-state index is 0.00124. The number of hydrogen-bond acceptors (Lipinski definition) is 4. The van der Waals surface area contributed by atoms with Gasteiger partial charge in [0.15, 0.2) is 0 Å². The van der Waals surface area contributed by atoms with Crippen molar-refractivity contribution in [2.45, 2.75) is 31.1 Å². The summed E-state index contributed by atoms with van der Waals surface area (Å²) in [5, 5.41) is 0. The molecule has 0 saturated heterocycles. The van der Waals surface area contributed by atoms with Crippen LogP contribution in [-0.2, 0) is 16.4 Å². The molecule has 2 rings (SSSR count). The number of benzene rings is 2. The van der Waals surface area contributed by atoms with Crippen LogP contribution in [0.3, 0.4) is 0 Å². The number of aryl methyl sites for hydroxylation is 1. The Morgan fingerprint density at radius 3 is 2.46 bits per heavy atom. The Morgan fingerprint density at radius 1 is 1.12 bits per heavy atom. The number of hydrazine groups is 1. The lowest BCUT2D eigenvalue weighted by molar-refractivity contribution is 0.0953. The maximum Gasteiger partial charge on any atom is 0.265 e. The molecule has 1 amide bonds. The molecule has 4 N–H and O–H groups in total. The fourth-order valence-corrected chi connectivity index (χ4v) is 3.33. The van der Waals surface area contributed by atoms with Crippen LogP contribution in [0.15, 0.2) is 53.4 Å². The van der Waals surface area contributed by atoms with E-state index in [0.717, 1.165) is 19.3 Å². The number of carbonyl (C=O) groups is 1. The second-order valence-corrected chi connectivity index (χ2v) is 7.09. The van der Waals surface area contributed by atoms with Crippen molar-refractivity contribution < 1.29 is 13.2 Å². The number of carbonyl (C=O) groups excluding carboxylic acids is 1. The monoisotopic (exact) mass is 347 g/mol. The van der Waals surface area contributed by atoms with Crippen LogP contribution in [0, 0.1) is 0 Å². The number of sulfonamides is 1. The Labute approximate surface area is 142 Å². The van der Waals surface area contributed by atoms with Crippen LogP contribution >= 0.6 is 0 Å². The summed E-state index contributed by atoms with van der Waals surface area (Å²) >= 11 is 0. The van der Waals surface area contributed by atoms with E-state index in [4.69, 9.17) is 5.84 Å². The fourth-order valence-electron chi connectivity index (χ4n) is 2.22. The second-order valence-electron chi connectivity index (χ2n) is 5.41. The Balaban J connectivity index is 2.17. The van der Waals surface area contributed by atoms with Gasteiger partial charge in [-0.1, -0.05) is 31.5 Å². The SMILES string of the molecule is CCCCc1ccc(NS(=O)(=O)c2cccc(C(=O)NN)c2)cc1. The standard InChI is InChI=1S/C17H21N3O3S/c1-2-3-5-13-8-10-15(11-9-13)20-24(22,23)16-7-4-6-14(12-16)17(21)19-18/h4,6-12,20H,2-3,5,18H2,1H3,(H,19,21). The number of nitrogens with two attached hydrogens (primary N) is 1. The molecule has 7 heteroatoms. The molecule has 0 aliphatic carbocycles. The van der Waals surface area contributed by atoms with Crippen LogP contribution in [0.5, 0.6) is 0 Å². The lowest BCUT2D eigenvalue weighted by Gasteiger charge is -2.10. The molecular weight excluding hydrogens is 326 g/mol. The molecular formula is C17H21N3O3S. The predicted octanol–water partition coefficient (Wildman–Crippen LogP) is 2.43. The Kier molecular flexibility index (Phi) is 5.94. The first-order valence-corrected chi connectivity index (χ1v) is 9.17. The summed E-state index contributed by atoms with van der Waals surface area (Å²) in [6.07, 6.45) is 3.18. The molecule has 128 valence electrons. The highest BCUT2D eigenvalue weighted by Gasteiger charge is 2.16. The highest BCUT2D eigenvalue weighted by atomic mass is 32.2. The molecule has 2 aromatic rings. The minimum Gasteiger partial charge on any atom is -0.290 e. The zero-order chi connectivity index (χ0) is 17.6. The molecule has 0 heterocycles. The molecule has 0 fully saturated rings. The number of rotatable bonds is 7. The molecule has 0 bridgehead atoms. The Hall–Kier alpha value is -2.38. The molecule has 6 nitrogen and oxygen atoms in total. The van der Waals surface area contributed by atoms with Crippen LogP contribution in [0.25, 0.3) is 0 Å². The molecule has 2 aromatic carbocycles. The van der Waals surface area contributed by atoms with Gasteiger partial charge in [0.2, 0.25) is 0 Å². The lowest BCUT2D eigenvalue weighted by atomic mass is 10.1. The zero-order valence-corrected chi connectivity index (χ0v) is 14.3. The van der Waals surface area contributed by atoms with Crippen molar-refractivity contribution >= 4 is 21.6 Å². The normalized spacial score (nSPS) is 11.1. The van der Waals surface area contributed by atoms with E-state index in [0.29, 0.717) is 5.69 Å². The molecule has 24 heavy (non-hydrogen) atoms. The summed E-state index contributed by atoms with van der Waals surface area (Å²) in [6, 6.07) is 13.0.